The van der Waals surface area contributed by atoms with E-state index >= 15 is 0 Å². The number of rotatable bonds is 5. The molecule has 1 saturated heterocycles. The van der Waals surface area contributed by atoms with E-state index < -0.39 is 0 Å². The first-order chi connectivity index (χ1) is 11.1. The number of morpholine rings is 1. The summed E-state index contributed by atoms with van der Waals surface area (Å²) in [6.45, 7) is 8.51. The van der Waals surface area contributed by atoms with Crippen molar-refractivity contribution < 1.29 is 4.74 Å². The number of nitrogens with one attached hydrogen (secondary N) is 1. The van der Waals surface area contributed by atoms with Crippen molar-refractivity contribution in [2.75, 3.05) is 36.5 Å². The lowest BCUT2D eigenvalue weighted by atomic mass is 10.0. The summed E-state index contributed by atoms with van der Waals surface area (Å²) in [6.07, 6.45) is 3.83. The van der Waals surface area contributed by atoms with Crippen LogP contribution in [0, 0.1) is 0 Å². The quantitative estimate of drug-likeness (QED) is 0.910. The molecule has 0 atom stereocenters. The zero-order valence-corrected chi connectivity index (χ0v) is 14.4. The van der Waals surface area contributed by atoms with Crippen molar-refractivity contribution >= 4 is 11.5 Å². The lowest BCUT2D eigenvalue weighted by molar-refractivity contribution is 0.122. The summed E-state index contributed by atoms with van der Waals surface area (Å²) < 4.78 is 9.31. The van der Waals surface area contributed by atoms with Crippen molar-refractivity contribution in [3.63, 3.8) is 0 Å². The second-order valence-electron chi connectivity index (χ2n) is 6.32. The van der Waals surface area contributed by atoms with Crippen LogP contribution in [0.1, 0.15) is 31.0 Å². The number of nitrogens with zero attached hydrogens (tertiary/aromatic N) is 5. The van der Waals surface area contributed by atoms with E-state index in [2.05, 4.69) is 29.2 Å². The van der Waals surface area contributed by atoms with E-state index in [0.29, 0.717) is 5.92 Å². The molecule has 0 unspecified atom stereocenters. The summed E-state index contributed by atoms with van der Waals surface area (Å²) in [7, 11) is 3.96. The Morgan fingerprint density at radius 1 is 1.26 bits per heavy atom. The predicted octanol–water partition coefficient (Wildman–Crippen LogP) is 1.73. The summed E-state index contributed by atoms with van der Waals surface area (Å²) in [5, 5.41) is 12.5. The minimum Gasteiger partial charge on any atom is -0.378 e. The molecule has 23 heavy (non-hydrogen) atoms. The monoisotopic (exact) mass is 318 g/mol. The minimum absolute atomic E-state index is 0.390. The molecule has 0 saturated carbocycles. The van der Waals surface area contributed by atoms with Gasteiger partial charge < -0.3 is 15.0 Å². The Bertz CT molecular complexity index is 654. The lowest BCUT2D eigenvalue weighted by Gasteiger charge is -2.29. The van der Waals surface area contributed by atoms with Crippen molar-refractivity contribution in [2.45, 2.75) is 26.3 Å². The highest BCUT2D eigenvalue weighted by Gasteiger charge is 2.24. The summed E-state index contributed by atoms with van der Waals surface area (Å²) in [6, 6.07) is 0. The van der Waals surface area contributed by atoms with Crippen molar-refractivity contribution in [2.24, 2.45) is 14.1 Å². The molecule has 3 rings (SSSR count). The molecule has 126 valence electrons. The number of aromatic nitrogens is 4. The molecule has 0 aromatic carbocycles. The minimum atomic E-state index is 0.390. The first-order valence-electron chi connectivity index (χ1n) is 8.17. The fourth-order valence-corrected chi connectivity index (χ4v) is 3.09. The molecule has 3 heterocycles. The Labute approximate surface area is 137 Å². The molecule has 0 aliphatic carbocycles. The van der Waals surface area contributed by atoms with E-state index in [1.54, 1.807) is 4.68 Å². The first-order valence-corrected chi connectivity index (χ1v) is 8.17. The largest absolute Gasteiger partial charge is 0.378 e. The SMILES string of the molecule is CC(C)c1nn(C)c(N2CCOCC2)c1CNc1cnn(C)c1. The molecule has 1 aliphatic heterocycles. The predicted molar refractivity (Wildman–Crippen MR) is 90.9 cm³/mol. The van der Waals surface area contributed by atoms with Crippen LogP contribution in [0.5, 0.6) is 0 Å². The fraction of sp³-hybridized carbons (Fsp3) is 0.625. The second kappa shape index (κ2) is 6.62. The summed E-state index contributed by atoms with van der Waals surface area (Å²) in [4.78, 5) is 2.38. The smallest absolute Gasteiger partial charge is 0.132 e. The molecule has 2 aromatic heterocycles. The lowest BCUT2D eigenvalue weighted by Crippen LogP contribution is -2.38. The van der Waals surface area contributed by atoms with Crippen LogP contribution in [-0.2, 0) is 25.4 Å². The molecule has 0 spiro atoms. The van der Waals surface area contributed by atoms with Gasteiger partial charge in [-0.1, -0.05) is 13.8 Å². The van der Waals surface area contributed by atoms with Gasteiger partial charge in [-0.15, -0.1) is 0 Å². The second-order valence-corrected chi connectivity index (χ2v) is 6.32. The average molecular weight is 318 g/mol. The molecule has 7 heteroatoms. The normalized spacial score (nSPS) is 15.4. The maximum atomic E-state index is 5.49. The summed E-state index contributed by atoms with van der Waals surface area (Å²) in [5.74, 6) is 1.59. The zero-order valence-electron chi connectivity index (χ0n) is 14.4. The number of hydrogen-bond acceptors (Lipinski definition) is 5. The van der Waals surface area contributed by atoms with Crippen molar-refractivity contribution in [3.8, 4) is 0 Å². The van der Waals surface area contributed by atoms with Gasteiger partial charge in [0.25, 0.3) is 0 Å². The highest BCUT2D eigenvalue weighted by atomic mass is 16.5. The molecule has 1 fully saturated rings. The average Bonchev–Trinajstić information content (AvgIpc) is 3.09. The number of hydrogen-bond donors (Lipinski definition) is 1. The molecule has 0 radical (unpaired) electrons. The summed E-state index contributed by atoms with van der Waals surface area (Å²) >= 11 is 0. The van der Waals surface area contributed by atoms with Gasteiger partial charge in [-0.25, -0.2) is 0 Å². The number of ether oxygens (including phenoxy) is 1. The van der Waals surface area contributed by atoms with Crippen molar-refractivity contribution in [3.05, 3.63) is 23.7 Å². The highest BCUT2D eigenvalue weighted by Crippen LogP contribution is 2.29. The first kappa shape index (κ1) is 15.9. The van der Waals surface area contributed by atoms with Gasteiger partial charge >= 0.3 is 0 Å². The molecular weight excluding hydrogens is 292 g/mol. The summed E-state index contributed by atoms with van der Waals surface area (Å²) in [5.41, 5.74) is 3.46. The van der Waals surface area contributed by atoms with E-state index in [0.717, 1.165) is 44.2 Å². The molecule has 1 N–H and O–H groups in total. The molecule has 0 amide bonds. The Morgan fingerprint density at radius 2 is 2.00 bits per heavy atom. The van der Waals surface area contributed by atoms with Gasteiger partial charge in [-0.2, -0.15) is 10.2 Å². The third-order valence-corrected chi connectivity index (χ3v) is 4.18. The van der Waals surface area contributed by atoms with Crippen LogP contribution in [0.25, 0.3) is 0 Å². The van der Waals surface area contributed by atoms with Crippen LogP contribution in [0.15, 0.2) is 12.4 Å². The van der Waals surface area contributed by atoms with Gasteiger partial charge in [0.1, 0.15) is 5.82 Å². The Morgan fingerprint density at radius 3 is 2.61 bits per heavy atom. The molecule has 2 aromatic rings. The van der Waals surface area contributed by atoms with Gasteiger partial charge in [0.05, 0.1) is 30.8 Å². The van der Waals surface area contributed by atoms with Crippen LogP contribution < -0.4 is 10.2 Å². The van der Waals surface area contributed by atoms with Crippen LogP contribution in [0.3, 0.4) is 0 Å². The maximum absolute atomic E-state index is 5.49. The van der Waals surface area contributed by atoms with E-state index in [-0.39, 0.29) is 0 Å². The Balaban J connectivity index is 1.88. The van der Waals surface area contributed by atoms with Crippen molar-refractivity contribution in [1.29, 1.82) is 0 Å². The van der Waals surface area contributed by atoms with Crippen LogP contribution in [0.4, 0.5) is 11.5 Å². The van der Waals surface area contributed by atoms with Crippen LogP contribution in [0.2, 0.25) is 0 Å². The van der Waals surface area contributed by atoms with Gasteiger partial charge in [-0.05, 0) is 5.92 Å². The van der Waals surface area contributed by atoms with Gasteiger partial charge in [0, 0.05) is 45.5 Å². The molecular formula is C16H26N6O. The molecule has 0 bridgehead atoms. The van der Waals surface area contributed by atoms with Gasteiger partial charge in [-0.3, -0.25) is 9.36 Å². The van der Waals surface area contributed by atoms with E-state index in [1.165, 1.54) is 11.4 Å². The maximum Gasteiger partial charge on any atom is 0.132 e. The standard InChI is InChI=1S/C16H26N6O/c1-12(2)15-14(10-17-13-9-18-20(3)11-13)16(21(4)19-15)22-5-7-23-8-6-22/h9,11-12,17H,5-8,10H2,1-4H3. The highest BCUT2D eigenvalue weighted by molar-refractivity contribution is 5.53. The van der Waals surface area contributed by atoms with E-state index in [1.807, 2.05) is 31.2 Å². The molecule has 1 aliphatic rings. The number of anilines is 2. The third-order valence-electron chi connectivity index (χ3n) is 4.18. The number of aryl methyl sites for hydroxylation is 2. The van der Waals surface area contributed by atoms with Crippen LogP contribution >= 0.6 is 0 Å². The van der Waals surface area contributed by atoms with E-state index in [9.17, 15) is 0 Å². The third kappa shape index (κ3) is 3.34. The Kier molecular flexibility index (Phi) is 4.56. The van der Waals surface area contributed by atoms with Gasteiger partial charge in [0.15, 0.2) is 0 Å². The van der Waals surface area contributed by atoms with Crippen molar-refractivity contribution in [1.82, 2.24) is 19.6 Å². The van der Waals surface area contributed by atoms with E-state index in [4.69, 9.17) is 9.84 Å². The van der Waals surface area contributed by atoms with Crippen LogP contribution in [-0.4, -0.2) is 45.9 Å². The Hall–Kier alpha value is -2.02. The topological polar surface area (TPSA) is 60.1 Å². The fourth-order valence-electron chi connectivity index (χ4n) is 3.09. The zero-order chi connectivity index (χ0) is 16.4. The molecule has 7 nitrogen and oxygen atoms in total. The van der Waals surface area contributed by atoms with Gasteiger partial charge in [0.2, 0.25) is 0 Å².